The Morgan fingerprint density at radius 3 is 2.52 bits per heavy atom. The van der Waals surface area contributed by atoms with Crippen LogP contribution in [-0.4, -0.2) is 26.1 Å². The van der Waals surface area contributed by atoms with E-state index in [1.54, 1.807) is 13.2 Å². The quantitative estimate of drug-likeness (QED) is 0.206. The van der Waals surface area contributed by atoms with E-state index in [1.165, 1.54) is 16.7 Å². The van der Waals surface area contributed by atoms with Gasteiger partial charge in [0, 0.05) is 18.0 Å². The van der Waals surface area contributed by atoms with Crippen molar-refractivity contribution in [2.75, 3.05) is 7.05 Å². The van der Waals surface area contributed by atoms with Crippen LogP contribution in [0.1, 0.15) is 48.7 Å². The molecule has 0 saturated heterocycles. The molecule has 1 N–H and O–H groups in total. The molecule has 1 aliphatic rings. The smallest absolute Gasteiger partial charge is 0.138 e. The van der Waals surface area contributed by atoms with E-state index in [0.29, 0.717) is 18.9 Å². The van der Waals surface area contributed by atoms with Crippen LogP contribution < -0.4 is 4.72 Å². The lowest BCUT2D eigenvalue weighted by atomic mass is 9.79. The number of hydrogen-bond donors (Lipinski definition) is 1. The largest absolute Gasteiger partial charge is 0.341 e. The van der Waals surface area contributed by atoms with Crippen molar-refractivity contribution in [2.45, 2.75) is 43.6 Å². The molecule has 0 bridgehead atoms. The second-order valence-corrected chi connectivity index (χ2v) is 11.4. The summed E-state index contributed by atoms with van der Waals surface area (Å²) in [6, 6.07) is 17.1. The number of halogens is 1. The Labute approximate surface area is 213 Å². The Bertz CT molecular complexity index is 1150. The molecule has 2 aromatic carbocycles. The molecular formula is C25H27IN3O2PS. The zero-order chi connectivity index (χ0) is 23.2. The molecule has 1 heterocycles. The van der Waals surface area contributed by atoms with Gasteiger partial charge in [0.1, 0.15) is 11.9 Å². The molecule has 0 aliphatic heterocycles. The van der Waals surface area contributed by atoms with Crippen molar-refractivity contribution in [2.24, 2.45) is 0 Å². The predicted octanol–water partition coefficient (Wildman–Crippen LogP) is 5.75. The number of rotatable bonds is 8. The number of nitrogens with one attached hydrogen (secondary N) is 1. The topological polar surface area (TPSA) is 56.2 Å². The molecule has 3 unspecified atom stereocenters. The SMILES string of the molecule is CNS(=O)C1CC(c2ccc(-c3ccc(C#CCn4ccnc4C(C)OPI)cc3)cc2)C1. The molecule has 5 nitrogen and oxygen atoms in total. The first-order chi connectivity index (χ1) is 16.1. The number of aromatic nitrogens is 2. The van der Waals surface area contributed by atoms with Crippen LogP contribution in [0.4, 0.5) is 0 Å². The molecule has 1 aromatic heterocycles. The summed E-state index contributed by atoms with van der Waals surface area (Å²) in [4.78, 5) is 4.40. The third-order valence-corrected chi connectivity index (χ3v) is 8.61. The van der Waals surface area contributed by atoms with E-state index in [0.717, 1.165) is 24.2 Å². The van der Waals surface area contributed by atoms with Crippen LogP contribution in [0.25, 0.3) is 11.1 Å². The second-order valence-electron chi connectivity index (χ2n) is 8.04. The van der Waals surface area contributed by atoms with Crippen molar-refractivity contribution < 1.29 is 8.73 Å². The number of hydrogen-bond acceptors (Lipinski definition) is 3. The molecule has 3 atom stereocenters. The lowest BCUT2D eigenvalue weighted by Gasteiger charge is -2.34. The Kier molecular flexibility index (Phi) is 8.72. The minimum atomic E-state index is -0.903. The Morgan fingerprint density at radius 2 is 1.88 bits per heavy atom. The molecule has 1 aliphatic carbocycles. The van der Waals surface area contributed by atoms with Gasteiger partial charge in [0.15, 0.2) is 0 Å². The first kappa shape index (κ1) is 24.6. The van der Waals surface area contributed by atoms with Gasteiger partial charge in [-0.15, -0.1) is 0 Å². The Hall–Kier alpha value is -1.56. The van der Waals surface area contributed by atoms with Crippen LogP contribution >= 0.6 is 28.5 Å². The van der Waals surface area contributed by atoms with Gasteiger partial charge in [-0.05, 0) is 83.6 Å². The Balaban J connectivity index is 1.35. The average Bonchev–Trinajstić information content (AvgIpc) is 3.28. The normalized spacial score (nSPS) is 19.6. The van der Waals surface area contributed by atoms with Gasteiger partial charge in [-0.25, -0.2) is 13.9 Å². The van der Waals surface area contributed by atoms with Crippen LogP contribution in [0.3, 0.4) is 0 Å². The second kappa shape index (κ2) is 11.7. The van der Waals surface area contributed by atoms with E-state index in [2.05, 4.69) is 92.1 Å². The van der Waals surface area contributed by atoms with Gasteiger partial charge < -0.3 is 9.09 Å². The van der Waals surface area contributed by atoms with E-state index in [4.69, 9.17) is 4.52 Å². The van der Waals surface area contributed by atoms with Crippen molar-refractivity contribution in [3.05, 3.63) is 77.9 Å². The summed E-state index contributed by atoms with van der Waals surface area (Å²) < 4.78 is 22.4. The van der Waals surface area contributed by atoms with Crippen LogP contribution in [0, 0.1) is 11.8 Å². The van der Waals surface area contributed by atoms with E-state index < -0.39 is 11.0 Å². The summed E-state index contributed by atoms with van der Waals surface area (Å²) in [5.41, 5.74) is 4.70. The molecule has 172 valence electrons. The summed E-state index contributed by atoms with van der Waals surface area (Å²) in [5, 5.41) is 0.279. The summed E-state index contributed by atoms with van der Waals surface area (Å²) in [6.07, 6.45) is 5.68. The van der Waals surface area contributed by atoms with Crippen molar-refractivity contribution in [3.63, 3.8) is 0 Å². The average molecular weight is 591 g/mol. The molecule has 4 rings (SSSR count). The molecule has 1 saturated carbocycles. The van der Waals surface area contributed by atoms with Crippen molar-refractivity contribution in [1.82, 2.24) is 14.3 Å². The molecular weight excluding hydrogens is 564 g/mol. The summed E-state index contributed by atoms with van der Waals surface area (Å²) in [7, 11) is 0.856. The van der Waals surface area contributed by atoms with Crippen LogP contribution in [0.15, 0.2) is 60.9 Å². The molecule has 0 radical (unpaired) electrons. The number of nitrogens with zero attached hydrogens (tertiary/aromatic N) is 2. The van der Waals surface area contributed by atoms with Gasteiger partial charge in [-0.3, -0.25) is 0 Å². The maximum atomic E-state index is 11.8. The van der Waals surface area contributed by atoms with Gasteiger partial charge in [0.2, 0.25) is 0 Å². The zero-order valence-electron chi connectivity index (χ0n) is 18.6. The first-order valence-corrected chi connectivity index (χ1v) is 16.1. The monoisotopic (exact) mass is 591 g/mol. The van der Waals surface area contributed by atoms with E-state index in [9.17, 15) is 4.21 Å². The van der Waals surface area contributed by atoms with Gasteiger partial charge >= 0.3 is 0 Å². The minimum Gasteiger partial charge on any atom is -0.341 e. The fourth-order valence-corrected chi connectivity index (χ4v) is 6.56. The fraction of sp³-hybridized carbons (Fsp3) is 0.320. The number of imidazole rings is 1. The van der Waals surface area contributed by atoms with Crippen LogP contribution in [0.2, 0.25) is 0 Å². The summed E-state index contributed by atoms with van der Waals surface area (Å²) >= 11 is 2.22. The van der Waals surface area contributed by atoms with E-state index in [-0.39, 0.29) is 11.4 Å². The molecule has 1 fully saturated rings. The van der Waals surface area contributed by atoms with Gasteiger partial charge in [0.25, 0.3) is 0 Å². The van der Waals surface area contributed by atoms with Crippen LogP contribution in [-0.2, 0) is 22.1 Å². The highest BCUT2D eigenvalue weighted by atomic mass is 127. The first-order valence-electron chi connectivity index (χ1n) is 10.9. The van der Waals surface area contributed by atoms with Gasteiger partial charge in [-0.2, -0.15) is 0 Å². The maximum Gasteiger partial charge on any atom is 0.138 e. The van der Waals surface area contributed by atoms with E-state index in [1.807, 2.05) is 17.7 Å². The van der Waals surface area contributed by atoms with Gasteiger partial charge in [0.05, 0.1) is 29.2 Å². The minimum absolute atomic E-state index is 0.0363. The molecule has 0 amide bonds. The molecule has 0 spiro atoms. The lowest BCUT2D eigenvalue weighted by molar-refractivity contribution is 0.251. The molecule has 8 heteroatoms. The standard InChI is InChI=1S/C25H27IN3O2PS/c1-18(31-32-26)25-28-13-15-29(25)14-3-4-19-5-7-20(8-6-19)21-9-11-22(12-10-21)23-16-24(17-23)33(30)27-2/h5-13,15,18,23-24,27,32H,14,16-17H2,1-2H3. The predicted molar refractivity (Wildman–Crippen MR) is 146 cm³/mol. The molecule has 33 heavy (non-hydrogen) atoms. The zero-order valence-corrected chi connectivity index (χ0v) is 22.6. The highest BCUT2D eigenvalue weighted by Crippen LogP contribution is 2.39. The van der Waals surface area contributed by atoms with Crippen molar-refractivity contribution >= 4 is 39.5 Å². The summed E-state index contributed by atoms with van der Waals surface area (Å²) in [5.74, 6) is 7.91. The number of benzene rings is 2. The van der Waals surface area contributed by atoms with Crippen LogP contribution in [0.5, 0.6) is 0 Å². The maximum absolute atomic E-state index is 11.8. The van der Waals surface area contributed by atoms with Gasteiger partial charge in [-0.1, -0.05) is 48.2 Å². The lowest BCUT2D eigenvalue weighted by Crippen LogP contribution is -2.36. The third kappa shape index (κ3) is 6.12. The fourth-order valence-electron chi connectivity index (χ4n) is 4.03. The summed E-state index contributed by atoms with van der Waals surface area (Å²) in [6.45, 7) is 3.00. The Morgan fingerprint density at radius 1 is 1.21 bits per heavy atom. The van der Waals surface area contributed by atoms with Crippen molar-refractivity contribution in [3.8, 4) is 23.0 Å². The highest BCUT2D eigenvalue weighted by molar-refractivity contribution is 14.2. The molecule has 3 aromatic rings. The van der Waals surface area contributed by atoms with E-state index >= 15 is 0 Å². The third-order valence-electron chi connectivity index (χ3n) is 6.01. The van der Waals surface area contributed by atoms with Crippen molar-refractivity contribution in [1.29, 1.82) is 0 Å². The highest BCUT2D eigenvalue weighted by Gasteiger charge is 2.34.